The summed E-state index contributed by atoms with van der Waals surface area (Å²) >= 11 is 0. The van der Waals surface area contributed by atoms with E-state index in [0.29, 0.717) is 12.6 Å². The van der Waals surface area contributed by atoms with Crippen LogP contribution in [0.2, 0.25) is 0 Å². The van der Waals surface area contributed by atoms with Crippen LogP contribution in [0.15, 0.2) is 12.5 Å². The monoisotopic (exact) mass is 181 g/mol. The van der Waals surface area contributed by atoms with Gasteiger partial charge in [-0.15, -0.1) is 0 Å². The summed E-state index contributed by atoms with van der Waals surface area (Å²) in [7, 11) is 0. The standard InChI is InChI=1S/C9H15N3O/c1-4-13-9(10)8-5-11-6-12(8)7(2)3/h5-7,10H,4H2,1-3H3. The fraction of sp³-hybridized carbons (Fsp3) is 0.556. The van der Waals surface area contributed by atoms with E-state index in [1.54, 1.807) is 12.5 Å². The summed E-state index contributed by atoms with van der Waals surface area (Å²) in [6.45, 7) is 6.47. The van der Waals surface area contributed by atoms with E-state index < -0.39 is 0 Å². The summed E-state index contributed by atoms with van der Waals surface area (Å²) in [6.07, 6.45) is 3.37. The fourth-order valence-corrected chi connectivity index (χ4v) is 1.11. The Bertz CT molecular complexity index is 291. The van der Waals surface area contributed by atoms with Gasteiger partial charge < -0.3 is 9.30 Å². The highest BCUT2D eigenvalue weighted by molar-refractivity contribution is 5.89. The third kappa shape index (κ3) is 2.08. The van der Waals surface area contributed by atoms with Crippen molar-refractivity contribution in [1.82, 2.24) is 9.55 Å². The lowest BCUT2D eigenvalue weighted by atomic mass is 10.3. The number of hydrogen-bond acceptors (Lipinski definition) is 3. The molecule has 1 aromatic rings. The highest BCUT2D eigenvalue weighted by atomic mass is 16.5. The number of nitrogens with zero attached hydrogens (tertiary/aromatic N) is 2. The number of imidazole rings is 1. The molecule has 1 N–H and O–H groups in total. The average molecular weight is 181 g/mol. The summed E-state index contributed by atoms with van der Waals surface area (Å²) in [6, 6.07) is 0.304. The number of hydrogen-bond donors (Lipinski definition) is 1. The Morgan fingerprint density at radius 3 is 2.92 bits per heavy atom. The van der Waals surface area contributed by atoms with Crippen molar-refractivity contribution >= 4 is 5.90 Å². The maximum Gasteiger partial charge on any atom is 0.232 e. The molecule has 0 unspecified atom stereocenters. The molecule has 0 atom stereocenters. The van der Waals surface area contributed by atoms with Gasteiger partial charge in [-0.25, -0.2) is 4.98 Å². The Morgan fingerprint density at radius 2 is 2.38 bits per heavy atom. The molecule has 0 fully saturated rings. The van der Waals surface area contributed by atoms with Gasteiger partial charge in [0.15, 0.2) is 0 Å². The molecule has 0 spiro atoms. The second-order valence-electron chi connectivity index (χ2n) is 3.04. The first kappa shape index (κ1) is 9.77. The second-order valence-corrected chi connectivity index (χ2v) is 3.04. The highest BCUT2D eigenvalue weighted by Gasteiger charge is 2.10. The van der Waals surface area contributed by atoms with Crippen LogP contribution in [0.1, 0.15) is 32.5 Å². The molecule has 0 amide bonds. The van der Waals surface area contributed by atoms with E-state index in [1.165, 1.54) is 0 Å². The summed E-state index contributed by atoms with van der Waals surface area (Å²) < 4.78 is 7.01. The molecule has 0 saturated heterocycles. The van der Waals surface area contributed by atoms with Gasteiger partial charge in [-0.1, -0.05) is 0 Å². The van der Waals surface area contributed by atoms with E-state index in [4.69, 9.17) is 10.1 Å². The summed E-state index contributed by atoms with van der Waals surface area (Å²) in [5.74, 6) is 0.189. The Kier molecular flexibility index (Phi) is 3.06. The summed E-state index contributed by atoms with van der Waals surface area (Å²) in [5, 5.41) is 7.60. The Balaban J connectivity index is 2.87. The molecular formula is C9H15N3O. The Labute approximate surface area is 78.1 Å². The molecule has 0 saturated carbocycles. The second kappa shape index (κ2) is 4.07. The molecule has 0 aliphatic heterocycles. The van der Waals surface area contributed by atoms with Gasteiger partial charge in [-0.05, 0) is 20.8 Å². The predicted octanol–water partition coefficient (Wildman–Crippen LogP) is 1.83. The lowest BCUT2D eigenvalue weighted by Crippen LogP contribution is -2.12. The minimum Gasteiger partial charge on any atom is -0.477 e. The molecule has 0 aliphatic carbocycles. The van der Waals surface area contributed by atoms with Crippen LogP contribution < -0.4 is 0 Å². The molecule has 0 radical (unpaired) electrons. The summed E-state index contributed by atoms with van der Waals surface area (Å²) in [4.78, 5) is 3.99. The van der Waals surface area contributed by atoms with Crippen molar-refractivity contribution in [3.8, 4) is 0 Å². The smallest absolute Gasteiger partial charge is 0.232 e. The van der Waals surface area contributed by atoms with Gasteiger partial charge in [-0.3, -0.25) is 5.41 Å². The topological polar surface area (TPSA) is 50.9 Å². The van der Waals surface area contributed by atoms with E-state index in [9.17, 15) is 0 Å². The maximum absolute atomic E-state index is 7.60. The van der Waals surface area contributed by atoms with E-state index in [0.717, 1.165) is 5.69 Å². The van der Waals surface area contributed by atoms with Gasteiger partial charge >= 0.3 is 0 Å². The van der Waals surface area contributed by atoms with Crippen molar-refractivity contribution in [1.29, 1.82) is 5.41 Å². The van der Waals surface area contributed by atoms with Crippen molar-refractivity contribution in [2.24, 2.45) is 0 Å². The zero-order chi connectivity index (χ0) is 9.84. The van der Waals surface area contributed by atoms with Crippen LogP contribution >= 0.6 is 0 Å². The normalized spacial score (nSPS) is 10.5. The van der Waals surface area contributed by atoms with Gasteiger partial charge in [0, 0.05) is 6.04 Å². The zero-order valence-electron chi connectivity index (χ0n) is 8.24. The van der Waals surface area contributed by atoms with Gasteiger partial charge in [0.2, 0.25) is 5.90 Å². The maximum atomic E-state index is 7.60. The SMILES string of the molecule is CCOC(=N)c1cncn1C(C)C. The third-order valence-corrected chi connectivity index (χ3v) is 1.74. The molecular weight excluding hydrogens is 166 g/mol. The van der Waals surface area contributed by atoms with Crippen molar-refractivity contribution in [2.45, 2.75) is 26.8 Å². The first-order valence-electron chi connectivity index (χ1n) is 4.40. The van der Waals surface area contributed by atoms with Crippen LogP contribution in [0.3, 0.4) is 0 Å². The van der Waals surface area contributed by atoms with Gasteiger partial charge in [0.05, 0.1) is 19.1 Å². The van der Waals surface area contributed by atoms with Crippen molar-refractivity contribution < 1.29 is 4.74 Å². The van der Waals surface area contributed by atoms with Crippen LogP contribution in [0.25, 0.3) is 0 Å². The Hall–Kier alpha value is -1.32. The van der Waals surface area contributed by atoms with Crippen LogP contribution in [0, 0.1) is 5.41 Å². The first-order chi connectivity index (χ1) is 6.16. The third-order valence-electron chi connectivity index (χ3n) is 1.74. The average Bonchev–Trinajstić information content (AvgIpc) is 2.52. The minimum atomic E-state index is 0.189. The van der Waals surface area contributed by atoms with E-state index in [1.807, 2.05) is 25.3 Å². The fourth-order valence-electron chi connectivity index (χ4n) is 1.11. The van der Waals surface area contributed by atoms with Gasteiger partial charge in [0.25, 0.3) is 0 Å². The van der Waals surface area contributed by atoms with E-state index >= 15 is 0 Å². The van der Waals surface area contributed by atoms with E-state index in [2.05, 4.69) is 4.98 Å². The lowest BCUT2D eigenvalue weighted by Gasteiger charge is -2.11. The molecule has 1 heterocycles. The predicted molar refractivity (Wildman–Crippen MR) is 51.1 cm³/mol. The number of aromatic nitrogens is 2. The van der Waals surface area contributed by atoms with Crippen LogP contribution in [-0.2, 0) is 4.74 Å². The Morgan fingerprint density at radius 1 is 1.69 bits per heavy atom. The molecule has 72 valence electrons. The largest absolute Gasteiger partial charge is 0.477 e. The number of ether oxygens (including phenoxy) is 1. The molecule has 1 aromatic heterocycles. The van der Waals surface area contributed by atoms with Crippen molar-refractivity contribution in [2.75, 3.05) is 6.61 Å². The zero-order valence-corrected chi connectivity index (χ0v) is 8.24. The molecule has 0 bridgehead atoms. The van der Waals surface area contributed by atoms with Gasteiger partial charge in [0.1, 0.15) is 5.69 Å². The molecule has 13 heavy (non-hydrogen) atoms. The van der Waals surface area contributed by atoms with Crippen molar-refractivity contribution in [3.05, 3.63) is 18.2 Å². The van der Waals surface area contributed by atoms with Crippen molar-refractivity contribution in [3.63, 3.8) is 0 Å². The minimum absolute atomic E-state index is 0.189. The molecule has 1 rings (SSSR count). The molecule has 0 aliphatic rings. The number of rotatable bonds is 3. The lowest BCUT2D eigenvalue weighted by molar-refractivity contribution is 0.322. The van der Waals surface area contributed by atoms with Crippen LogP contribution in [-0.4, -0.2) is 22.1 Å². The quantitative estimate of drug-likeness (QED) is 0.571. The molecule has 4 heteroatoms. The highest BCUT2D eigenvalue weighted by Crippen LogP contribution is 2.09. The molecule has 0 aromatic carbocycles. The van der Waals surface area contributed by atoms with E-state index in [-0.39, 0.29) is 5.90 Å². The summed E-state index contributed by atoms with van der Waals surface area (Å²) in [5.41, 5.74) is 0.733. The van der Waals surface area contributed by atoms with Crippen LogP contribution in [0.5, 0.6) is 0 Å². The molecule has 4 nitrogen and oxygen atoms in total. The van der Waals surface area contributed by atoms with Crippen LogP contribution in [0.4, 0.5) is 0 Å². The number of nitrogens with one attached hydrogen (secondary N) is 1. The first-order valence-corrected chi connectivity index (χ1v) is 4.40. The van der Waals surface area contributed by atoms with Gasteiger partial charge in [-0.2, -0.15) is 0 Å².